The summed E-state index contributed by atoms with van der Waals surface area (Å²) in [6, 6.07) is 31.0. The molecular weight excluding hydrogens is 330 g/mol. The van der Waals surface area contributed by atoms with E-state index in [0.29, 0.717) is 12.5 Å². The van der Waals surface area contributed by atoms with E-state index in [2.05, 4.69) is 49.2 Å². The van der Waals surface area contributed by atoms with Crippen LogP contribution in [0, 0.1) is 0 Å². The molecule has 0 fully saturated rings. The van der Waals surface area contributed by atoms with Gasteiger partial charge in [0.1, 0.15) is 5.60 Å². The second-order valence-electron chi connectivity index (χ2n) is 7.36. The molecule has 3 aromatic carbocycles. The molecule has 2 heteroatoms. The molecule has 3 aromatic rings. The standard InChI is InChI=1S/C25H29NO/c1-21(20-22-12-6-3-7-13-22)26(2)19-18-25(27,23-14-8-4-9-15-23)24-16-10-5-11-17-24/h3-17,21,27H,18-20H2,1-2H3. The zero-order chi connectivity index (χ0) is 19.1. The zero-order valence-corrected chi connectivity index (χ0v) is 16.3. The molecule has 0 saturated heterocycles. The first-order valence-corrected chi connectivity index (χ1v) is 9.67. The third-order valence-corrected chi connectivity index (χ3v) is 5.46. The summed E-state index contributed by atoms with van der Waals surface area (Å²) in [6.07, 6.45) is 1.66. The van der Waals surface area contributed by atoms with Crippen molar-refractivity contribution in [3.8, 4) is 0 Å². The fourth-order valence-electron chi connectivity index (χ4n) is 3.55. The summed E-state index contributed by atoms with van der Waals surface area (Å²) in [5, 5.41) is 11.6. The van der Waals surface area contributed by atoms with E-state index in [1.165, 1.54) is 5.56 Å². The first-order valence-electron chi connectivity index (χ1n) is 9.67. The van der Waals surface area contributed by atoms with Crippen LogP contribution in [0.1, 0.15) is 30.0 Å². The van der Waals surface area contributed by atoms with Gasteiger partial charge in [0.2, 0.25) is 0 Å². The van der Waals surface area contributed by atoms with Crippen LogP contribution >= 0.6 is 0 Å². The summed E-state index contributed by atoms with van der Waals surface area (Å²) in [6.45, 7) is 3.06. The van der Waals surface area contributed by atoms with Crippen LogP contribution in [0.15, 0.2) is 91.0 Å². The molecular formula is C25H29NO. The maximum absolute atomic E-state index is 11.6. The highest BCUT2D eigenvalue weighted by Gasteiger charge is 2.31. The van der Waals surface area contributed by atoms with Gasteiger partial charge in [-0.1, -0.05) is 91.0 Å². The smallest absolute Gasteiger partial charge is 0.116 e. The average molecular weight is 360 g/mol. The second kappa shape index (κ2) is 8.98. The van der Waals surface area contributed by atoms with Gasteiger partial charge >= 0.3 is 0 Å². The Bertz CT molecular complexity index is 762. The molecule has 0 spiro atoms. The minimum atomic E-state index is -0.983. The van der Waals surface area contributed by atoms with Crippen LogP contribution in [0.3, 0.4) is 0 Å². The van der Waals surface area contributed by atoms with Gasteiger partial charge in [-0.05, 0) is 43.5 Å². The van der Waals surface area contributed by atoms with Crippen LogP contribution in [0.25, 0.3) is 0 Å². The fraction of sp³-hybridized carbons (Fsp3) is 0.280. The van der Waals surface area contributed by atoms with Gasteiger partial charge in [-0.25, -0.2) is 0 Å². The lowest BCUT2D eigenvalue weighted by atomic mass is 9.83. The van der Waals surface area contributed by atoms with Crippen molar-refractivity contribution in [2.24, 2.45) is 0 Å². The number of rotatable bonds is 8. The lowest BCUT2D eigenvalue weighted by Crippen LogP contribution is -2.37. The summed E-state index contributed by atoms with van der Waals surface area (Å²) < 4.78 is 0. The predicted octanol–water partition coefficient (Wildman–Crippen LogP) is 4.88. The number of nitrogens with zero attached hydrogens (tertiary/aromatic N) is 1. The summed E-state index contributed by atoms with van der Waals surface area (Å²) in [5.41, 5.74) is 2.25. The number of benzene rings is 3. The lowest BCUT2D eigenvalue weighted by Gasteiger charge is -2.33. The van der Waals surface area contributed by atoms with E-state index >= 15 is 0 Å². The van der Waals surface area contributed by atoms with E-state index in [1.54, 1.807) is 0 Å². The van der Waals surface area contributed by atoms with Crippen LogP contribution in [-0.2, 0) is 12.0 Å². The van der Waals surface area contributed by atoms with Crippen molar-refractivity contribution in [1.82, 2.24) is 4.90 Å². The molecule has 140 valence electrons. The highest BCUT2D eigenvalue weighted by atomic mass is 16.3. The van der Waals surface area contributed by atoms with Gasteiger partial charge in [-0.15, -0.1) is 0 Å². The van der Waals surface area contributed by atoms with Crippen molar-refractivity contribution in [2.45, 2.75) is 31.4 Å². The summed E-state index contributed by atoms with van der Waals surface area (Å²) >= 11 is 0. The van der Waals surface area contributed by atoms with Gasteiger partial charge in [0.05, 0.1) is 0 Å². The highest BCUT2D eigenvalue weighted by molar-refractivity contribution is 5.35. The maximum Gasteiger partial charge on any atom is 0.116 e. The highest BCUT2D eigenvalue weighted by Crippen LogP contribution is 2.33. The van der Waals surface area contributed by atoms with Crippen LogP contribution < -0.4 is 0 Å². The Hall–Kier alpha value is -2.42. The first kappa shape index (κ1) is 19.3. The summed E-state index contributed by atoms with van der Waals surface area (Å²) in [4.78, 5) is 2.34. The van der Waals surface area contributed by atoms with Crippen molar-refractivity contribution in [3.05, 3.63) is 108 Å². The zero-order valence-electron chi connectivity index (χ0n) is 16.3. The first-order chi connectivity index (χ1) is 13.1. The van der Waals surface area contributed by atoms with Gasteiger partial charge in [-0.3, -0.25) is 0 Å². The van der Waals surface area contributed by atoms with E-state index in [0.717, 1.165) is 24.1 Å². The molecule has 0 amide bonds. The summed E-state index contributed by atoms with van der Waals surface area (Å²) in [5.74, 6) is 0. The molecule has 0 saturated carbocycles. The van der Waals surface area contributed by atoms with E-state index in [-0.39, 0.29) is 0 Å². The van der Waals surface area contributed by atoms with Gasteiger partial charge in [0.25, 0.3) is 0 Å². The average Bonchev–Trinajstić information content (AvgIpc) is 2.73. The molecule has 0 aliphatic carbocycles. The van der Waals surface area contributed by atoms with E-state index in [4.69, 9.17) is 0 Å². The number of hydrogen-bond donors (Lipinski definition) is 1. The van der Waals surface area contributed by atoms with Crippen molar-refractivity contribution >= 4 is 0 Å². The number of hydrogen-bond acceptors (Lipinski definition) is 2. The Labute approximate surface area is 163 Å². The molecule has 27 heavy (non-hydrogen) atoms. The molecule has 0 aromatic heterocycles. The van der Waals surface area contributed by atoms with Gasteiger partial charge in [0.15, 0.2) is 0 Å². The van der Waals surface area contributed by atoms with E-state index in [1.807, 2.05) is 60.7 Å². The molecule has 2 nitrogen and oxygen atoms in total. The largest absolute Gasteiger partial charge is 0.380 e. The van der Waals surface area contributed by atoms with Crippen molar-refractivity contribution in [3.63, 3.8) is 0 Å². The van der Waals surface area contributed by atoms with Gasteiger partial charge < -0.3 is 10.0 Å². The van der Waals surface area contributed by atoms with Crippen LogP contribution in [-0.4, -0.2) is 29.6 Å². The van der Waals surface area contributed by atoms with Crippen molar-refractivity contribution < 1.29 is 5.11 Å². The topological polar surface area (TPSA) is 23.5 Å². The van der Waals surface area contributed by atoms with Crippen molar-refractivity contribution in [2.75, 3.05) is 13.6 Å². The Morgan fingerprint density at radius 3 is 1.70 bits per heavy atom. The Kier molecular flexibility index (Phi) is 6.44. The summed E-state index contributed by atoms with van der Waals surface area (Å²) in [7, 11) is 2.14. The monoisotopic (exact) mass is 359 g/mol. The van der Waals surface area contributed by atoms with Gasteiger partial charge in [-0.2, -0.15) is 0 Å². The molecule has 0 radical (unpaired) electrons. The quantitative estimate of drug-likeness (QED) is 0.620. The molecule has 0 heterocycles. The molecule has 0 bridgehead atoms. The Morgan fingerprint density at radius 2 is 1.22 bits per heavy atom. The number of likely N-dealkylation sites (N-methyl/N-ethyl adjacent to an activating group) is 1. The minimum absolute atomic E-state index is 0.406. The lowest BCUT2D eigenvalue weighted by molar-refractivity contribution is 0.0562. The fourth-order valence-corrected chi connectivity index (χ4v) is 3.55. The van der Waals surface area contributed by atoms with E-state index in [9.17, 15) is 5.11 Å². The minimum Gasteiger partial charge on any atom is -0.380 e. The van der Waals surface area contributed by atoms with Crippen LogP contribution in [0.5, 0.6) is 0 Å². The Balaban J connectivity index is 1.73. The molecule has 1 N–H and O–H groups in total. The third kappa shape index (κ3) is 4.85. The number of aliphatic hydroxyl groups is 1. The van der Waals surface area contributed by atoms with Crippen molar-refractivity contribution in [1.29, 1.82) is 0 Å². The SMILES string of the molecule is CC(Cc1ccccc1)N(C)CCC(O)(c1ccccc1)c1ccccc1. The molecule has 1 atom stereocenters. The second-order valence-corrected chi connectivity index (χ2v) is 7.36. The van der Waals surface area contributed by atoms with Crippen LogP contribution in [0.4, 0.5) is 0 Å². The third-order valence-electron chi connectivity index (χ3n) is 5.46. The molecule has 0 aliphatic rings. The predicted molar refractivity (Wildman–Crippen MR) is 113 cm³/mol. The van der Waals surface area contributed by atoms with Crippen LogP contribution in [0.2, 0.25) is 0 Å². The normalized spacial score (nSPS) is 12.9. The van der Waals surface area contributed by atoms with E-state index < -0.39 is 5.60 Å². The molecule has 0 aliphatic heterocycles. The molecule has 1 unspecified atom stereocenters. The maximum atomic E-state index is 11.6. The Morgan fingerprint density at radius 1 is 0.778 bits per heavy atom. The van der Waals surface area contributed by atoms with Gasteiger partial charge in [0, 0.05) is 12.6 Å². The molecule has 3 rings (SSSR count).